The maximum Gasteiger partial charge on any atom is 0.316 e. The molecule has 39 heavy (non-hydrogen) atoms. The maximum absolute atomic E-state index is 13.8. The summed E-state index contributed by atoms with van der Waals surface area (Å²) in [5.41, 5.74) is 0.747. The number of aliphatic imine (C=N–C) groups is 1. The van der Waals surface area contributed by atoms with Crippen LogP contribution in [0.3, 0.4) is 0 Å². The molecule has 3 atom stereocenters. The van der Waals surface area contributed by atoms with Gasteiger partial charge in [0.15, 0.2) is 0 Å². The second kappa shape index (κ2) is 12.2. The fourth-order valence-electron chi connectivity index (χ4n) is 5.59. The highest BCUT2D eigenvalue weighted by atomic mass is 32.2. The zero-order valence-corrected chi connectivity index (χ0v) is 23.2. The summed E-state index contributed by atoms with van der Waals surface area (Å²) >= 11 is 0. The fourth-order valence-corrected chi connectivity index (χ4v) is 7.29. The van der Waals surface area contributed by atoms with Crippen LogP contribution in [0.2, 0.25) is 0 Å². The highest BCUT2D eigenvalue weighted by Gasteiger charge is 2.49. The van der Waals surface area contributed by atoms with Gasteiger partial charge in [0, 0.05) is 36.3 Å². The zero-order valence-electron chi connectivity index (χ0n) is 22.4. The van der Waals surface area contributed by atoms with E-state index in [-0.39, 0.29) is 40.4 Å². The molecule has 4 rings (SSSR count). The van der Waals surface area contributed by atoms with Crippen LogP contribution in [0, 0.1) is 23.2 Å². The molecule has 0 amide bonds. The van der Waals surface area contributed by atoms with E-state index >= 15 is 0 Å². The number of ether oxygens (including phenoxy) is 2. The average Bonchev–Trinajstić information content (AvgIpc) is 3.55. The van der Waals surface area contributed by atoms with Gasteiger partial charge in [0.25, 0.3) is 0 Å². The first kappa shape index (κ1) is 28.6. The van der Waals surface area contributed by atoms with Gasteiger partial charge < -0.3 is 20.0 Å². The highest BCUT2D eigenvalue weighted by Crippen LogP contribution is 2.43. The summed E-state index contributed by atoms with van der Waals surface area (Å²) in [5, 5.41) is 17.5. The van der Waals surface area contributed by atoms with Crippen molar-refractivity contribution < 1.29 is 27.8 Å². The molecular weight excluding hydrogens is 522 g/mol. The van der Waals surface area contributed by atoms with Crippen LogP contribution in [0.25, 0.3) is 0 Å². The van der Waals surface area contributed by atoms with Crippen LogP contribution in [-0.4, -0.2) is 72.0 Å². The summed E-state index contributed by atoms with van der Waals surface area (Å²) in [5.74, 6) is -0.597. The summed E-state index contributed by atoms with van der Waals surface area (Å²) in [6.07, 6.45) is 7.89. The molecule has 1 saturated heterocycles. The molecule has 2 unspecified atom stereocenters. The van der Waals surface area contributed by atoms with E-state index in [9.17, 15) is 18.3 Å². The van der Waals surface area contributed by atoms with Gasteiger partial charge in [-0.25, -0.2) is 18.4 Å². The van der Waals surface area contributed by atoms with Crippen molar-refractivity contribution in [2.75, 3.05) is 20.3 Å². The number of benzene rings is 1. The van der Waals surface area contributed by atoms with Crippen molar-refractivity contribution in [2.24, 2.45) is 22.7 Å². The maximum atomic E-state index is 13.8. The van der Waals surface area contributed by atoms with Crippen LogP contribution in [0.5, 0.6) is 11.8 Å². The third-order valence-electron chi connectivity index (χ3n) is 7.46. The molecule has 1 aromatic heterocycles. The van der Waals surface area contributed by atoms with Crippen LogP contribution in [0.15, 0.2) is 40.5 Å². The van der Waals surface area contributed by atoms with Crippen LogP contribution >= 0.6 is 0 Å². The monoisotopic (exact) mass is 557 g/mol. The van der Waals surface area contributed by atoms with Gasteiger partial charge in [-0.05, 0) is 43.7 Å². The Kier molecular flexibility index (Phi) is 8.96. The Labute approximate surface area is 228 Å². The van der Waals surface area contributed by atoms with E-state index in [0.717, 1.165) is 25.7 Å². The predicted molar refractivity (Wildman–Crippen MR) is 146 cm³/mol. The molecule has 2 N–H and O–H groups in total. The molecule has 12 heteroatoms. The van der Waals surface area contributed by atoms with E-state index < -0.39 is 22.4 Å². The van der Waals surface area contributed by atoms with E-state index in [1.54, 1.807) is 35.6 Å². The number of aliphatic carboxylic acids is 1. The topological polar surface area (TPSA) is 155 Å². The lowest BCUT2D eigenvalue weighted by atomic mass is 9.84. The van der Waals surface area contributed by atoms with Crippen molar-refractivity contribution in [3.05, 3.63) is 36.2 Å². The van der Waals surface area contributed by atoms with Gasteiger partial charge in [-0.3, -0.25) is 9.79 Å². The molecule has 0 bridgehead atoms. The van der Waals surface area contributed by atoms with Crippen molar-refractivity contribution in [2.45, 2.75) is 56.9 Å². The van der Waals surface area contributed by atoms with E-state index in [4.69, 9.17) is 19.9 Å². The average molecular weight is 558 g/mol. The van der Waals surface area contributed by atoms with Crippen molar-refractivity contribution in [3.8, 4) is 11.8 Å². The fraction of sp³-hybridized carbons (Fsp3) is 0.519. The Bertz CT molecular complexity index is 1320. The summed E-state index contributed by atoms with van der Waals surface area (Å²) in [7, 11) is -2.36. The number of rotatable bonds is 11. The normalized spacial score (nSPS) is 22.4. The van der Waals surface area contributed by atoms with Crippen LogP contribution in [-0.2, 0) is 14.8 Å². The van der Waals surface area contributed by atoms with Crippen molar-refractivity contribution in [1.82, 2.24) is 14.3 Å². The Hall–Kier alpha value is -3.38. The molecule has 0 spiro atoms. The van der Waals surface area contributed by atoms with E-state index in [1.165, 1.54) is 19.5 Å². The molecule has 1 aliphatic heterocycles. The first-order valence-electron chi connectivity index (χ1n) is 13.1. The molecule has 2 heterocycles. The number of methoxy groups -OCH3 is 1. The second-order valence-electron chi connectivity index (χ2n) is 10.0. The molecule has 1 saturated carbocycles. The molecule has 1 aromatic carbocycles. The number of sulfonamides is 1. The van der Waals surface area contributed by atoms with E-state index in [1.807, 2.05) is 6.92 Å². The van der Waals surface area contributed by atoms with E-state index in [2.05, 4.69) is 9.97 Å². The van der Waals surface area contributed by atoms with Gasteiger partial charge in [0.05, 0.1) is 43.9 Å². The highest BCUT2D eigenvalue weighted by molar-refractivity contribution is 7.89. The SMILES string of the molecule is CCOc1ncc(S(=O)(=O)N2C[C@@H](C)C(C=Nc3cc(OC)ccc3C(=N)CC(=O)O)C2C2CCCC2)cn1. The number of carboxylic acids is 1. The number of aromatic nitrogens is 2. The first-order valence-corrected chi connectivity index (χ1v) is 14.6. The summed E-state index contributed by atoms with van der Waals surface area (Å²) in [6, 6.07) is 4.79. The Morgan fingerprint density at radius 1 is 1.26 bits per heavy atom. The molecule has 1 aliphatic carbocycles. The Morgan fingerprint density at radius 2 is 1.95 bits per heavy atom. The second-order valence-corrected chi connectivity index (χ2v) is 11.9. The lowest BCUT2D eigenvalue weighted by molar-refractivity contribution is -0.135. The Balaban J connectivity index is 1.69. The predicted octanol–water partition coefficient (Wildman–Crippen LogP) is 3.94. The van der Waals surface area contributed by atoms with E-state index in [0.29, 0.717) is 30.2 Å². The number of nitrogens with zero attached hydrogens (tertiary/aromatic N) is 4. The summed E-state index contributed by atoms with van der Waals surface area (Å²) in [4.78, 5) is 24.1. The lowest BCUT2D eigenvalue weighted by Crippen LogP contribution is -2.42. The molecule has 2 aromatic rings. The Morgan fingerprint density at radius 3 is 2.56 bits per heavy atom. The van der Waals surface area contributed by atoms with Crippen LogP contribution in [0.1, 0.15) is 51.5 Å². The molecule has 11 nitrogen and oxygen atoms in total. The number of hydrogen-bond acceptors (Lipinski definition) is 9. The minimum absolute atomic E-state index is 0.0229. The molecule has 0 radical (unpaired) electrons. The zero-order chi connectivity index (χ0) is 28.2. The number of hydrogen-bond donors (Lipinski definition) is 2. The van der Waals surface area contributed by atoms with Gasteiger partial charge in [0.1, 0.15) is 10.6 Å². The summed E-state index contributed by atoms with van der Waals surface area (Å²) in [6.45, 7) is 4.53. The largest absolute Gasteiger partial charge is 0.497 e. The van der Waals surface area contributed by atoms with Crippen molar-refractivity contribution in [1.29, 1.82) is 5.41 Å². The quantitative estimate of drug-likeness (QED) is 0.394. The van der Waals surface area contributed by atoms with Gasteiger partial charge in [-0.15, -0.1) is 0 Å². The molecule has 210 valence electrons. The minimum Gasteiger partial charge on any atom is -0.497 e. The number of carboxylic acid groups (broad SMARTS) is 1. The van der Waals surface area contributed by atoms with Gasteiger partial charge >= 0.3 is 12.0 Å². The third-order valence-corrected chi connectivity index (χ3v) is 9.28. The lowest BCUT2D eigenvalue weighted by Gasteiger charge is -2.31. The summed E-state index contributed by atoms with van der Waals surface area (Å²) < 4.78 is 39.8. The number of nitrogens with one attached hydrogen (secondary N) is 1. The molecular formula is C27H35N5O6S. The van der Waals surface area contributed by atoms with Gasteiger partial charge in [-0.2, -0.15) is 4.31 Å². The standard InChI is InChI=1S/C27H35N5O6S/c1-4-38-27-30-13-20(14-31-27)39(35,36)32-16-17(2)22(26(32)18-7-5-6-8-18)15-29-24-11-19(37-3)9-10-21(24)23(28)12-25(33)34/h9-11,13-15,17-18,22,26,28H,4-8,12,16H2,1-3H3,(H,33,34)/t17-,22?,26?/m1/s1. The molecule has 2 aliphatic rings. The number of carbonyl (C=O) groups is 1. The van der Waals surface area contributed by atoms with Crippen LogP contribution in [0.4, 0.5) is 5.69 Å². The minimum atomic E-state index is -3.88. The molecule has 2 fully saturated rings. The van der Waals surface area contributed by atoms with Gasteiger partial charge in [0.2, 0.25) is 10.0 Å². The first-order chi connectivity index (χ1) is 18.6. The van der Waals surface area contributed by atoms with Gasteiger partial charge in [-0.1, -0.05) is 19.8 Å². The third kappa shape index (κ3) is 6.27. The van der Waals surface area contributed by atoms with Crippen molar-refractivity contribution >= 4 is 33.6 Å². The van der Waals surface area contributed by atoms with Crippen molar-refractivity contribution in [3.63, 3.8) is 0 Å². The smallest absolute Gasteiger partial charge is 0.316 e. The van der Waals surface area contributed by atoms with Crippen LogP contribution < -0.4 is 9.47 Å².